The Morgan fingerprint density at radius 1 is 1.81 bits per heavy atom. The van der Waals surface area contributed by atoms with Crippen molar-refractivity contribution in [3.05, 3.63) is 16.1 Å². The van der Waals surface area contributed by atoms with Gasteiger partial charge in [-0.2, -0.15) is 0 Å². The number of thiazole rings is 1. The average Bonchev–Trinajstić information content (AvgIpc) is 2.86. The summed E-state index contributed by atoms with van der Waals surface area (Å²) in [6, 6.07) is -0.152. The zero-order valence-corrected chi connectivity index (χ0v) is 9.83. The molecule has 1 saturated heterocycles. The van der Waals surface area contributed by atoms with Crippen LogP contribution in [0.25, 0.3) is 0 Å². The lowest BCUT2D eigenvalue weighted by Gasteiger charge is -2.07. The molecule has 6 heteroatoms. The summed E-state index contributed by atoms with van der Waals surface area (Å²) in [6.45, 7) is 2.97. The molecule has 1 fully saturated rings. The summed E-state index contributed by atoms with van der Waals surface area (Å²) in [5.41, 5.74) is 6.00. The number of carbonyl (C=O) groups excluding carboxylic acids is 1. The van der Waals surface area contributed by atoms with Gasteiger partial charge >= 0.3 is 5.97 Å². The third kappa shape index (κ3) is 2.58. The summed E-state index contributed by atoms with van der Waals surface area (Å²) in [6.07, 6.45) is 0.628. The van der Waals surface area contributed by atoms with Crippen LogP contribution in [0.2, 0.25) is 0 Å². The first-order chi connectivity index (χ1) is 7.66. The minimum absolute atomic E-state index is 0.132. The predicted molar refractivity (Wildman–Crippen MR) is 59.4 cm³/mol. The van der Waals surface area contributed by atoms with Gasteiger partial charge < -0.3 is 15.2 Å². The van der Waals surface area contributed by atoms with E-state index >= 15 is 0 Å². The van der Waals surface area contributed by atoms with Crippen LogP contribution in [0.15, 0.2) is 5.38 Å². The lowest BCUT2D eigenvalue weighted by atomic mass is 10.3. The van der Waals surface area contributed by atoms with Crippen LogP contribution in [0.3, 0.4) is 0 Å². The lowest BCUT2D eigenvalue weighted by molar-refractivity contribution is 0.0264. The highest BCUT2D eigenvalue weighted by molar-refractivity contribution is 7.09. The smallest absolute Gasteiger partial charge is 0.358 e. The number of rotatable bonds is 3. The van der Waals surface area contributed by atoms with Crippen LogP contribution in [0.1, 0.15) is 34.9 Å². The van der Waals surface area contributed by atoms with E-state index in [0.29, 0.717) is 18.9 Å². The first-order valence-corrected chi connectivity index (χ1v) is 6.04. The number of carbonyl (C=O) groups is 1. The maximum atomic E-state index is 11.7. The number of hydrogen-bond donors (Lipinski definition) is 1. The van der Waals surface area contributed by atoms with Gasteiger partial charge in [-0.3, -0.25) is 0 Å². The summed E-state index contributed by atoms with van der Waals surface area (Å²) >= 11 is 1.38. The van der Waals surface area contributed by atoms with Crippen LogP contribution in [-0.2, 0) is 9.47 Å². The Kier molecular flexibility index (Phi) is 3.52. The van der Waals surface area contributed by atoms with Crippen molar-refractivity contribution in [1.82, 2.24) is 4.98 Å². The molecule has 5 nitrogen and oxygen atoms in total. The number of ether oxygens (including phenoxy) is 2. The summed E-state index contributed by atoms with van der Waals surface area (Å²) in [7, 11) is 0. The quantitative estimate of drug-likeness (QED) is 0.804. The lowest BCUT2D eigenvalue weighted by Crippen LogP contribution is -2.18. The highest BCUT2D eigenvalue weighted by Gasteiger charge is 2.22. The predicted octanol–water partition coefficient (Wildman–Crippen LogP) is 1.11. The fourth-order valence-electron chi connectivity index (χ4n) is 1.41. The van der Waals surface area contributed by atoms with E-state index in [1.807, 2.05) is 6.92 Å². The summed E-state index contributed by atoms with van der Waals surface area (Å²) in [5, 5.41) is 2.42. The first kappa shape index (κ1) is 11.5. The minimum Gasteiger partial charge on any atom is -0.455 e. The van der Waals surface area contributed by atoms with Crippen LogP contribution < -0.4 is 5.73 Å². The molecule has 1 aromatic heterocycles. The number of nitrogens with zero attached hydrogens (tertiary/aromatic N) is 1. The van der Waals surface area contributed by atoms with Crippen molar-refractivity contribution < 1.29 is 14.3 Å². The van der Waals surface area contributed by atoms with Crippen molar-refractivity contribution >= 4 is 17.3 Å². The van der Waals surface area contributed by atoms with Crippen LogP contribution >= 0.6 is 11.3 Å². The van der Waals surface area contributed by atoms with E-state index in [0.717, 1.165) is 11.4 Å². The highest BCUT2D eigenvalue weighted by atomic mass is 32.1. The molecule has 2 unspecified atom stereocenters. The third-order valence-electron chi connectivity index (χ3n) is 2.28. The van der Waals surface area contributed by atoms with Crippen LogP contribution in [0, 0.1) is 0 Å². The molecule has 2 atom stereocenters. The largest absolute Gasteiger partial charge is 0.455 e. The van der Waals surface area contributed by atoms with Gasteiger partial charge in [-0.25, -0.2) is 9.78 Å². The second-order valence-electron chi connectivity index (χ2n) is 3.75. The second kappa shape index (κ2) is 4.90. The van der Waals surface area contributed by atoms with Gasteiger partial charge in [-0.15, -0.1) is 11.3 Å². The molecule has 16 heavy (non-hydrogen) atoms. The molecular weight excluding hydrogens is 228 g/mol. The van der Waals surface area contributed by atoms with E-state index in [2.05, 4.69) is 4.98 Å². The molecule has 0 amide bonds. The zero-order valence-electron chi connectivity index (χ0n) is 9.01. The van der Waals surface area contributed by atoms with Crippen molar-refractivity contribution in [3.63, 3.8) is 0 Å². The van der Waals surface area contributed by atoms with Crippen molar-refractivity contribution in [2.75, 3.05) is 13.2 Å². The van der Waals surface area contributed by atoms with Crippen molar-refractivity contribution in [3.8, 4) is 0 Å². The van der Waals surface area contributed by atoms with E-state index in [9.17, 15) is 4.79 Å². The van der Waals surface area contributed by atoms with Crippen molar-refractivity contribution in [2.24, 2.45) is 5.73 Å². The monoisotopic (exact) mass is 242 g/mol. The van der Waals surface area contributed by atoms with Gasteiger partial charge in [0.1, 0.15) is 11.1 Å². The van der Waals surface area contributed by atoms with Gasteiger partial charge in [-0.1, -0.05) is 0 Å². The molecule has 1 aliphatic rings. The topological polar surface area (TPSA) is 74.4 Å². The molecule has 2 heterocycles. The van der Waals surface area contributed by atoms with Gasteiger partial charge in [0, 0.05) is 11.8 Å². The molecular formula is C10H14N2O3S. The average molecular weight is 242 g/mol. The van der Waals surface area contributed by atoms with Gasteiger partial charge in [-0.05, 0) is 6.92 Å². The second-order valence-corrected chi connectivity index (χ2v) is 4.64. The molecule has 0 spiro atoms. The molecule has 2 N–H and O–H groups in total. The minimum atomic E-state index is -0.390. The first-order valence-electron chi connectivity index (χ1n) is 5.16. The Balaban J connectivity index is 1.97. The third-order valence-corrected chi connectivity index (χ3v) is 3.33. The maximum Gasteiger partial charge on any atom is 0.358 e. The standard InChI is InChI=1S/C10H14N2O3S/c1-6(11)9-12-8(5-16-9)10(13)15-7-2-3-14-4-7/h5-7H,2-4,11H2,1H3. The summed E-state index contributed by atoms with van der Waals surface area (Å²) in [5.74, 6) is -0.390. The zero-order chi connectivity index (χ0) is 11.5. The fraction of sp³-hybridized carbons (Fsp3) is 0.600. The van der Waals surface area contributed by atoms with Crippen LogP contribution in [-0.4, -0.2) is 30.3 Å². The van der Waals surface area contributed by atoms with E-state index < -0.39 is 5.97 Å². The molecule has 0 bridgehead atoms. The summed E-state index contributed by atoms with van der Waals surface area (Å²) in [4.78, 5) is 15.8. The molecule has 0 radical (unpaired) electrons. The molecule has 2 rings (SSSR count). The Morgan fingerprint density at radius 3 is 3.19 bits per heavy atom. The van der Waals surface area contributed by atoms with Crippen molar-refractivity contribution in [2.45, 2.75) is 25.5 Å². The molecule has 0 aromatic carbocycles. The molecule has 1 aliphatic heterocycles. The summed E-state index contributed by atoms with van der Waals surface area (Å²) < 4.78 is 10.4. The van der Waals surface area contributed by atoms with E-state index in [1.165, 1.54) is 11.3 Å². The Hall–Kier alpha value is -0.980. The SMILES string of the molecule is CC(N)c1nc(C(=O)OC2CCOC2)cs1. The normalized spacial score (nSPS) is 22.0. The molecule has 0 aliphatic carbocycles. The maximum absolute atomic E-state index is 11.7. The molecule has 88 valence electrons. The Bertz CT molecular complexity index is 372. The van der Waals surface area contributed by atoms with Crippen molar-refractivity contribution in [1.29, 1.82) is 0 Å². The molecule has 1 aromatic rings. The van der Waals surface area contributed by atoms with Gasteiger partial charge in [0.25, 0.3) is 0 Å². The number of esters is 1. The Labute approximate surface area is 97.6 Å². The van der Waals surface area contributed by atoms with Crippen LogP contribution in [0.4, 0.5) is 0 Å². The highest BCUT2D eigenvalue weighted by Crippen LogP contribution is 2.18. The number of nitrogens with two attached hydrogens (primary N) is 1. The van der Waals surface area contributed by atoms with E-state index in [4.69, 9.17) is 15.2 Å². The van der Waals surface area contributed by atoms with Crippen LogP contribution in [0.5, 0.6) is 0 Å². The van der Waals surface area contributed by atoms with E-state index in [-0.39, 0.29) is 12.1 Å². The van der Waals surface area contributed by atoms with Gasteiger partial charge in [0.15, 0.2) is 5.69 Å². The van der Waals surface area contributed by atoms with E-state index in [1.54, 1.807) is 5.38 Å². The van der Waals surface area contributed by atoms with Gasteiger partial charge in [0.2, 0.25) is 0 Å². The number of aromatic nitrogens is 1. The molecule has 0 saturated carbocycles. The van der Waals surface area contributed by atoms with Gasteiger partial charge in [0.05, 0.1) is 19.3 Å². The Morgan fingerprint density at radius 2 is 2.62 bits per heavy atom. The fourth-order valence-corrected chi connectivity index (χ4v) is 2.16. The number of hydrogen-bond acceptors (Lipinski definition) is 6.